The lowest BCUT2D eigenvalue weighted by atomic mass is 9.26. The van der Waals surface area contributed by atoms with Gasteiger partial charge in [0, 0.05) is 32.0 Å². The minimum absolute atomic E-state index is 0.0670. The highest BCUT2D eigenvalue weighted by molar-refractivity contribution is 7.99. The first-order valence-corrected chi connectivity index (χ1v) is 23.5. The molecule has 6 aromatic carbocycles. The molecule has 0 N–H and O–H groups in total. The zero-order valence-electron chi connectivity index (χ0n) is 35.5. The lowest BCUT2D eigenvalue weighted by Gasteiger charge is -2.78. The fourth-order valence-corrected chi connectivity index (χ4v) is 16.6. The van der Waals surface area contributed by atoms with Crippen LogP contribution in [-0.4, -0.2) is 0 Å². The van der Waals surface area contributed by atoms with Gasteiger partial charge in [-0.25, -0.2) is 0 Å². The molecule has 4 saturated carbocycles. The lowest BCUT2D eigenvalue weighted by molar-refractivity contribution is -0.235. The Morgan fingerprint density at radius 3 is 1.93 bits per heavy atom. The van der Waals surface area contributed by atoms with Crippen LogP contribution in [0.5, 0.6) is 0 Å². The first-order chi connectivity index (χ1) is 28.4. The molecule has 6 aliphatic carbocycles. The Labute approximate surface area is 355 Å². The predicted octanol–water partition coefficient (Wildman–Crippen LogP) is 15.3. The number of anilines is 3. The summed E-state index contributed by atoms with van der Waals surface area (Å²) in [5, 5.41) is 0. The van der Waals surface area contributed by atoms with E-state index in [1.807, 2.05) is 0 Å². The molecule has 6 atom stereocenters. The number of nitrogens with zero attached hydrogens (tertiary/aromatic N) is 1. The summed E-state index contributed by atoms with van der Waals surface area (Å²) in [5.74, 6) is 3.32. The van der Waals surface area contributed by atoms with Crippen LogP contribution < -0.4 is 4.90 Å². The van der Waals surface area contributed by atoms with E-state index in [0.717, 1.165) is 23.7 Å². The number of benzene rings is 6. The van der Waals surface area contributed by atoms with E-state index in [0.29, 0.717) is 5.41 Å². The van der Waals surface area contributed by atoms with Crippen LogP contribution in [0.15, 0.2) is 137 Å². The Morgan fingerprint density at radius 2 is 1.14 bits per heavy atom. The Kier molecular flexibility index (Phi) is 6.83. The summed E-state index contributed by atoms with van der Waals surface area (Å²) in [6.45, 7) is 14.7. The molecule has 294 valence electrons. The van der Waals surface area contributed by atoms with Crippen LogP contribution in [0.3, 0.4) is 0 Å². The van der Waals surface area contributed by atoms with Crippen LogP contribution in [0, 0.1) is 29.1 Å². The van der Waals surface area contributed by atoms with Crippen molar-refractivity contribution in [2.75, 3.05) is 4.90 Å². The van der Waals surface area contributed by atoms with E-state index in [2.05, 4.69) is 186 Å². The Morgan fingerprint density at radius 1 is 0.508 bits per heavy atom. The highest BCUT2D eigenvalue weighted by Gasteiger charge is 2.84. The first kappa shape index (κ1) is 35.2. The number of fused-ring (bicyclic) bond motifs is 11. The molecule has 6 aromatic rings. The fraction of sp³-hybridized carbons (Fsp3) is 0.368. The van der Waals surface area contributed by atoms with Gasteiger partial charge in [0.05, 0.1) is 5.69 Å². The van der Waals surface area contributed by atoms with Crippen LogP contribution in [0.1, 0.15) is 113 Å². The van der Waals surface area contributed by atoms with Gasteiger partial charge < -0.3 is 4.90 Å². The van der Waals surface area contributed by atoms with E-state index in [1.54, 1.807) is 11.1 Å². The van der Waals surface area contributed by atoms with Gasteiger partial charge in [-0.3, -0.25) is 0 Å². The van der Waals surface area contributed by atoms with Crippen molar-refractivity contribution in [3.05, 3.63) is 161 Å². The van der Waals surface area contributed by atoms with Gasteiger partial charge in [0.15, 0.2) is 0 Å². The van der Waals surface area contributed by atoms with E-state index in [4.69, 9.17) is 0 Å². The smallest absolute Gasteiger partial charge is 0.0604 e. The van der Waals surface area contributed by atoms with E-state index in [9.17, 15) is 0 Å². The standard InChI is InChI=1S/C57H55NS/c1-53(2)26-27-54(3,4)47-32-38(23-25-43(47)53)58(37-22-24-41-40-16-10-11-18-42(40)55(5,6)46(41)31-37)48-21-13-20-45-52(48)59-51-39(35-14-8-7-9-15-35)17-12-19-44(51)57(45)49-29-34-28-36-30-50(57)56(36,49)33-34/h7-25,31-32,34,36,49-50H,26-30,33H2,1-6H3. The van der Waals surface area contributed by atoms with Gasteiger partial charge in [0.25, 0.3) is 0 Å². The second kappa shape index (κ2) is 11.4. The van der Waals surface area contributed by atoms with Crippen LogP contribution in [0.2, 0.25) is 0 Å². The van der Waals surface area contributed by atoms with E-state index in [1.165, 1.54) is 110 Å². The van der Waals surface area contributed by atoms with Gasteiger partial charge in [-0.05, 0) is 164 Å². The summed E-state index contributed by atoms with van der Waals surface area (Å²) in [6, 6.07) is 50.2. The van der Waals surface area contributed by atoms with Crippen LogP contribution >= 0.6 is 11.8 Å². The molecule has 4 fully saturated rings. The second-order valence-electron chi connectivity index (χ2n) is 21.6. The SMILES string of the molecule is CC1(C)CCC(C)(C)c2cc(N(c3ccc4c(c3)C(C)(C)c3ccccc3-4)c3cccc4c3Sc3c(-c5ccccc5)cccc3C43C4CC5CC6CC3C64C5)ccc21. The molecule has 1 nitrogen and oxygen atoms in total. The van der Waals surface area contributed by atoms with E-state index in [-0.39, 0.29) is 21.7 Å². The summed E-state index contributed by atoms with van der Waals surface area (Å²) in [5.41, 5.74) is 19.3. The molecule has 1 aliphatic heterocycles. The largest absolute Gasteiger partial charge is 0.309 e. The molecule has 0 radical (unpaired) electrons. The van der Waals surface area contributed by atoms with Gasteiger partial charge in [0.1, 0.15) is 0 Å². The third-order valence-electron chi connectivity index (χ3n) is 17.9. The Hall–Kier alpha value is -4.53. The third kappa shape index (κ3) is 4.25. The second-order valence-corrected chi connectivity index (χ2v) is 22.6. The van der Waals surface area contributed by atoms with Crippen molar-refractivity contribution in [1.29, 1.82) is 0 Å². The van der Waals surface area contributed by atoms with Gasteiger partial charge in [0.2, 0.25) is 0 Å². The molecule has 2 spiro atoms. The summed E-state index contributed by atoms with van der Waals surface area (Å²) in [6.07, 6.45) is 8.18. The van der Waals surface area contributed by atoms with Crippen LogP contribution in [0.25, 0.3) is 22.3 Å². The average molecular weight is 786 g/mol. The molecule has 6 unspecified atom stereocenters. The molecule has 2 bridgehead atoms. The van der Waals surface area contributed by atoms with E-state index >= 15 is 0 Å². The predicted molar refractivity (Wildman–Crippen MR) is 246 cm³/mol. The van der Waals surface area contributed by atoms with E-state index < -0.39 is 0 Å². The third-order valence-corrected chi connectivity index (χ3v) is 19.1. The topological polar surface area (TPSA) is 3.24 Å². The molecular weight excluding hydrogens is 731 g/mol. The maximum atomic E-state index is 2.69. The van der Waals surface area contributed by atoms with Crippen molar-refractivity contribution in [1.82, 2.24) is 0 Å². The van der Waals surface area contributed by atoms with Crippen molar-refractivity contribution >= 4 is 28.8 Å². The lowest BCUT2D eigenvalue weighted by Crippen LogP contribution is -2.74. The molecule has 7 aliphatic rings. The zero-order chi connectivity index (χ0) is 39.8. The summed E-state index contributed by atoms with van der Waals surface area (Å²) in [7, 11) is 0. The normalized spacial score (nSPS) is 29.6. The molecule has 1 heterocycles. The summed E-state index contributed by atoms with van der Waals surface area (Å²) >= 11 is 2.07. The monoisotopic (exact) mass is 785 g/mol. The van der Waals surface area contributed by atoms with Crippen molar-refractivity contribution < 1.29 is 0 Å². The summed E-state index contributed by atoms with van der Waals surface area (Å²) in [4.78, 5) is 5.66. The van der Waals surface area contributed by atoms with Gasteiger partial charge in [-0.1, -0.05) is 150 Å². The van der Waals surface area contributed by atoms with Gasteiger partial charge >= 0.3 is 0 Å². The number of hydrogen-bond acceptors (Lipinski definition) is 2. The van der Waals surface area contributed by atoms with Crippen LogP contribution in [0.4, 0.5) is 17.1 Å². The number of hydrogen-bond donors (Lipinski definition) is 0. The number of rotatable bonds is 4. The Bertz CT molecular complexity index is 2790. The van der Waals surface area contributed by atoms with Crippen molar-refractivity contribution in [2.45, 2.75) is 112 Å². The minimum atomic E-state index is -0.0866. The van der Waals surface area contributed by atoms with Crippen molar-refractivity contribution in [2.24, 2.45) is 29.1 Å². The highest BCUT2D eigenvalue weighted by Crippen LogP contribution is 2.89. The Balaban J connectivity index is 1.07. The maximum Gasteiger partial charge on any atom is 0.0604 e. The first-order valence-electron chi connectivity index (χ1n) is 22.6. The van der Waals surface area contributed by atoms with Gasteiger partial charge in [-0.15, -0.1) is 0 Å². The molecular formula is C57H55NS. The average Bonchev–Trinajstić information content (AvgIpc) is 3.85. The summed E-state index contributed by atoms with van der Waals surface area (Å²) < 4.78 is 0. The van der Waals surface area contributed by atoms with Crippen molar-refractivity contribution in [3.8, 4) is 22.3 Å². The minimum Gasteiger partial charge on any atom is -0.309 e. The maximum absolute atomic E-state index is 2.69. The molecule has 0 amide bonds. The molecule has 59 heavy (non-hydrogen) atoms. The zero-order valence-corrected chi connectivity index (χ0v) is 36.3. The fourth-order valence-electron chi connectivity index (χ4n) is 15.1. The molecule has 13 rings (SSSR count). The van der Waals surface area contributed by atoms with Gasteiger partial charge in [-0.2, -0.15) is 0 Å². The molecule has 2 heteroatoms. The molecule has 0 saturated heterocycles. The quantitative estimate of drug-likeness (QED) is 0.175. The molecule has 0 aromatic heterocycles. The van der Waals surface area contributed by atoms with Crippen molar-refractivity contribution in [3.63, 3.8) is 0 Å². The van der Waals surface area contributed by atoms with Crippen LogP contribution in [-0.2, 0) is 21.7 Å². The highest BCUT2D eigenvalue weighted by atomic mass is 32.2.